The largest absolute Gasteiger partial charge is 0.397 e. The summed E-state index contributed by atoms with van der Waals surface area (Å²) in [6.45, 7) is 7.52. The molecular formula is C15H24BrFN2. The average Bonchev–Trinajstić information content (AvgIpc) is 2.32. The summed E-state index contributed by atoms with van der Waals surface area (Å²) in [6, 6.07) is 3.04. The fraction of sp³-hybridized carbons (Fsp3) is 0.600. The number of hydrogen-bond acceptors (Lipinski definition) is 2. The molecule has 19 heavy (non-hydrogen) atoms. The summed E-state index contributed by atoms with van der Waals surface area (Å²) in [5.74, 6) is -0.328. The molecule has 1 rings (SSSR count). The minimum absolute atomic E-state index is 0.211. The van der Waals surface area contributed by atoms with Gasteiger partial charge in [0.2, 0.25) is 0 Å². The summed E-state index contributed by atoms with van der Waals surface area (Å²) in [6.07, 6.45) is 4.93. The first-order chi connectivity index (χ1) is 8.85. The molecule has 0 atom stereocenters. The monoisotopic (exact) mass is 330 g/mol. The molecule has 0 aliphatic rings. The van der Waals surface area contributed by atoms with E-state index in [1.807, 2.05) is 0 Å². The lowest BCUT2D eigenvalue weighted by atomic mass is 9.87. The summed E-state index contributed by atoms with van der Waals surface area (Å²) < 4.78 is 13.7. The Morgan fingerprint density at radius 1 is 1.32 bits per heavy atom. The van der Waals surface area contributed by atoms with Crippen molar-refractivity contribution in [3.63, 3.8) is 0 Å². The van der Waals surface area contributed by atoms with E-state index in [9.17, 15) is 4.39 Å². The Labute approximate surface area is 124 Å². The molecular weight excluding hydrogens is 307 g/mol. The lowest BCUT2D eigenvalue weighted by Gasteiger charge is -2.26. The van der Waals surface area contributed by atoms with Gasteiger partial charge in [0.1, 0.15) is 5.82 Å². The number of anilines is 2. The normalized spacial score (nSPS) is 11.6. The van der Waals surface area contributed by atoms with Crippen molar-refractivity contribution in [2.75, 3.05) is 17.6 Å². The summed E-state index contributed by atoms with van der Waals surface area (Å²) in [7, 11) is 0. The molecule has 0 fully saturated rings. The Morgan fingerprint density at radius 2 is 2.00 bits per heavy atom. The number of nitrogen functional groups attached to an aromatic ring is 1. The van der Waals surface area contributed by atoms with E-state index in [0.717, 1.165) is 12.2 Å². The fourth-order valence-corrected chi connectivity index (χ4v) is 2.34. The fourth-order valence-electron chi connectivity index (χ4n) is 1.99. The second kappa shape index (κ2) is 7.13. The van der Waals surface area contributed by atoms with Crippen LogP contribution in [0.4, 0.5) is 15.8 Å². The Balaban J connectivity index is 2.58. The molecule has 0 amide bonds. The smallest absolute Gasteiger partial charge is 0.139 e. The van der Waals surface area contributed by atoms with Gasteiger partial charge in [0.15, 0.2) is 0 Å². The SMILES string of the molecule is CCCCCC(C)(C)CNc1cc(Br)c(F)cc1N. The van der Waals surface area contributed by atoms with Crippen molar-refractivity contribution in [1.82, 2.24) is 0 Å². The van der Waals surface area contributed by atoms with Crippen molar-refractivity contribution in [2.24, 2.45) is 5.41 Å². The molecule has 1 aromatic carbocycles. The number of rotatable bonds is 7. The van der Waals surface area contributed by atoms with Gasteiger partial charge in [-0.15, -0.1) is 0 Å². The Morgan fingerprint density at radius 3 is 2.63 bits per heavy atom. The van der Waals surface area contributed by atoms with E-state index in [0.29, 0.717) is 10.2 Å². The van der Waals surface area contributed by atoms with Crippen LogP contribution in [-0.2, 0) is 0 Å². The zero-order valence-electron chi connectivity index (χ0n) is 12.0. The molecule has 0 saturated heterocycles. The minimum Gasteiger partial charge on any atom is -0.397 e. The van der Waals surface area contributed by atoms with Gasteiger partial charge in [-0.2, -0.15) is 0 Å². The lowest BCUT2D eigenvalue weighted by Crippen LogP contribution is -2.23. The van der Waals surface area contributed by atoms with Gasteiger partial charge in [-0.1, -0.05) is 40.0 Å². The van der Waals surface area contributed by atoms with Gasteiger partial charge < -0.3 is 11.1 Å². The van der Waals surface area contributed by atoms with E-state index in [1.54, 1.807) is 6.07 Å². The molecule has 0 aliphatic heterocycles. The van der Waals surface area contributed by atoms with E-state index in [1.165, 1.54) is 31.7 Å². The van der Waals surface area contributed by atoms with Gasteiger partial charge in [-0.25, -0.2) is 4.39 Å². The number of hydrogen-bond donors (Lipinski definition) is 2. The quantitative estimate of drug-likeness (QED) is 0.533. The maximum absolute atomic E-state index is 13.3. The topological polar surface area (TPSA) is 38.0 Å². The minimum atomic E-state index is -0.328. The van der Waals surface area contributed by atoms with Crippen molar-refractivity contribution in [1.29, 1.82) is 0 Å². The molecule has 0 saturated carbocycles. The van der Waals surface area contributed by atoms with Crippen LogP contribution in [0.3, 0.4) is 0 Å². The highest BCUT2D eigenvalue weighted by Crippen LogP contribution is 2.29. The second-order valence-corrected chi connectivity index (χ2v) is 6.68. The summed E-state index contributed by atoms with van der Waals surface area (Å²) in [5.41, 5.74) is 7.27. The zero-order valence-corrected chi connectivity index (χ0v) is 13.6. The van der Waals surface area contributed by atoms with Crippen LogP contribution in [0, 0.1) is 11.2 Å². The third kappa shape index (κ3) is 5.39. The molecule has 0 bridgehead atoms. The van der Waals surface area contributed by atoms with E-state index in [2.05, 4.69) is 42.0 Å². The predicted octanol–water partition coefficient (Wildman–Crippen LogP) is 5.19. The molecule has 0 unspecified atom stereocenters. The van der Waals surface area contributed by atoms with Crippen molar-refractivity contribution in [3.8, 4) is 0 Å². The zero-order chi connectivity index (χ0) is 14.5. The highest BCUT2D eigenvalue weighted by Gasteiger charge is 2.17. The molecule has 108 valence electrons. The van der Waals surface area contributed by atoms with Gasteiger partial charge in [-0.05, 0) is 33.8 Å². The lowest BCUT2D eigenvalue weighted by molar-refractivity contribution is 0.342. The third-order valence-electron chi connectivity index (χ3n) is 3.31. The van der Waals surface area contributed by atoms with E-state index in [-0.39, 0.29) is 11.2 Å². The van der Waals surface area contributed by atoms with Crippen LogP contribution in [0.1, 0.15) is 46.5 Å². The molecule has 3 N–H and O–H groups in total. The Hall–Kier alpha value is -0.770. The number of halogens is 2. The van der Waals surface area contributed by atoms with Crippen LogP contribution in [-0.4, -0.2) is 6.54 Å². The van der Waals surface area contributed by atoms with Crippen molar-refractivity contribution < 1.29 is 4.39 Å². The highest BCUT2D eigenvalue weighted by molar-refractivity contribution is 9.10. The summed E-state index contributed by atoms with van der Waals surface area (Å²) >= 11 is 3.18. The van der Waals surface area contributed by atoms with E-state index < -0.39 is 0 Å². The second-order valence-electron chi connectivity index (χ2n) is 5.83. The van der Waals surface area contributed by atoms with Crippen molar-refractivity contribution in [3.05, 3.63) is 22.4 Å². The Bertz CT molecular complexity index is 419. The Kier molecular flexibility index (Phi) is 6.11. The first-order valence-electron chi connectivity index (χ1n) is 6.84. The van der Waals surface area contributed by atoms with Crippen LogP contribution in [0.5, 0.6) is 0 Å². The molecule has 0 heterocycles. The summed E-state index contributed by atoms with van der Waals surface area (Å²) in [5, 5.41) is 3.33. The molecule has 1 aromatic rings. The van der Waals surface area contributed by atoms with E-state index in [4.69, 9.17) is 5.73 Å². The van der Waals surface area contributed by atoms with Gasteiger partial charge in [0, 0.05) is 12.6 Å². The van der Waals surface area contributed by atoms with Crippen LogP contribution in [0.25, 0.3) is 0 Å². The molecule has 2 nitrogen and oxygen atoms in total. The van der Waals surface area contributed by atoms with Crippen LogP contribution in [0.15, 0.2) is 16.6 Å². The number of nitrogens with one attached hydrogen (secondary N) is 1. The molecule has 0 aromatic heterocycles. The maximum Gasteiger partial charge on any atom is 0.139 e. The van der Waals surface area contributed by atoms with Gasteiger partial charge in [0.25, 0.3) is 0 Å². The average molecular weight is 331 g/mol. The number of benzene rings is 1. The molecule has 0 spiro atoms. The number of nitrogens with two attached hydrogens (primary N) is 1. The van der Waals surface area contributed by atoms with Gasteiger partial charge in [0.05, 0.1) is 15.8 Å². The molecule has 4 heteroatoms. The van der Waals surface area contributed by atoms with Crippen molar-refractivity contribution in [2.45, 2.75) is 46.5 Å². The van der Waals surface area contributed by atoms with Gasteiger partial charge in [-0.3, -0.25) is 0 Å². The van der Waals surface area contributed by atoms with Crippen LogP contribution >= 0.6 is 15.9 Å². The van der Waals surface area contributed by atoms with Gasteiger partial charge >= 0.3 is 0 Å². The first-order valence-corrected chi connectivity index (χ1v) is 7.63. The van der Waals surface area contributed by atoms with Crippen LogP contribution < -0.4 is 11.1 Å². The highest BCUT2D eigenvalue weighted by atomic mass is 79.9. The predicted molar refractivity (Wildman–Crippen MR) is 84.9 cm³/mol. The maximum atomic E-state index is 13.3. The first kappa shape index (κ1) is 16.3. The molecule has 0 aliphatic carbocycles. The number of unbranched alkanes of at least 4 members (excludes halogenated alkanes) is 2. The third-order valence-corrected chi connectivity index (χ3v) is 3.91. The van der Waals surface area contributed by atoms with Crippen LogP contribution in [0.2, 0.25) is 0 Å². The van der Waals surface area contributed by atoms with Crippen molar-refractivity contribution >= 4 is 27.3 Å². The summed E-state index contributed by atoms with van der Waals surface area (Å²) in [4.78, 5) is 0. The molecule has 0 radical (unpaired) electrons. The standard InChI is InChI=1S/C15H24BrFN2/c1-4-5-6-7-15(2,3)10-19-14-8-11(16)12(17)9-13(14)18/h8-9,19H,4-7,10,18H2,1-3H3. The van der Waals surface area contributed by atoms with E-state index >= 15 is 0 Å².